The van der Waals surface area contributed by atoms with Gasteiger partial charge in [-0.3, -0.25) is 4.79 Å². The summed E-state index contributed by atoms with van der Waals surface area (Å²) in [6.45, 7) is 0.731. The Morgan fingerprint density at radius 2 is 1.55 bits per heavy atom. The van der Waals surface area contributed by atoms with Crippen molar-refractivity contribution < 1.29 is 4.79 Å². The molecule has 1 aromatic carbocycles. The first-order valence-electron chi connectivity index (χ1n) is 8.27. The van der Waals surface area contributed by atoms with Gasteiger partial charge in [-0.05, 0) is 31.2 Å². The zero-order valence-electron chi connectivity index (χ0n) is 13.1. The number of rotatable bonds is 4. The van der Waals surface area contributed by atoms with Gasteiger partial charge in [0.05, 0.1) is 5.54 Å². The van der Waals surface area contributed by atoms with E-state index in [1.54, 1.807) is 0 Å². The van der Waals surface area contributed by atoms with Gasteiger partial charge in [0.15, 0.2) is 0 Å². The number of carbonyl (C=O) groups is 1. The lowest BCUT2D eigenvalue weighted by Gasteiger charge is -2.32. The summed E-state index contributed by atoms with van der Waals surface area (Å²) in [6.07, 6.45) is 8.64. The first kappa shape index (κ1) is 17.3. The maximum absolute atomic E-state index is 12.5. The first-order valence-corrected chi connectivity index (χ1v) is 8.27. The average molecular weight is 323 g/mol. The Morgan fingerprint density at radius 1 is 1.00 bits per heavy atom. The fourth-order valence-corrected chi connectivity index (χ4v) is 4.07. The second-order valence-electron chi connectivity index (χ2n) is 6.90. The number of carbonyl (C=O) groups excluding carboxylic acids is 1. The van der Waals surface area contributed by atoms with Crippen LogP contribution in [0.25, 0.3) is 0 Å². The highest BCUT2D eigenvalue weighted by molar-refractivity contribution is 5.86. The molecule has 0 radical (unpaired) electrons. The highest BCUT2D eigenvalue weighted by Crippen LogP contribution is 2.40. The molecule has 0 saturated heterocycles. The van der Waals surface area contributed by atoms with Crippen molar-refractivity contribution in [3.63, 3.8) is 0 Å². The van der Waals surface area contributed by atoms with E-state index in [9.17, 15) is 4.79 Å². The molecule has 0 unspecified atom stereocenters. The molecule has 1 amide bonds. The van der Waals surface area contributed by atoms with Gasteiger partial charge in [0.1, 0.15) is 0 Å². The lowest BCUT2D eigenvalue weighted by molar-refractivity contribution is -0.126. The van der Waals surface area contributed by atoms with Crippen molar-refractivity contribution in [2.75, 3.05) is 6.54 Å². The minimum atomic E-state index is -0.615. The van der Waals surface area contributed by atoms with Crippen LogP contribution in [-0.4, -0.2) is 18.0 Å². The van der Waals surface area contributed by atoms with Gasteiger partial charge in [0, 0.05) is 12.0 Å². The predicted octanol–water partition coefficient (Wildman–Crippen LogP) is 3.31. The Hall–Kier alpha value is -1.06. The summed E-state index contributed by atoms with van der Waals surface area (Å²) < 4.78 is 0. The predicted molar refractivity (Wildman–Crippen MR) is 92.2 cm³/mol. The van der Waals surface area contributed by atoms with Crippen LogP contribution in [0.15, 0.2) is 30.3 Å². The van der Waals surface area contributed by atoms with Gasteiger partial charge in [-0.1, -0.05) is 56.0 Å². The van der Waals surface area contributed by atoms with E-state index in [-0.39, 0.29) is 23.7 Å². The SMILES string of the molecule is Cl.NC1(C(=O)NCC2(c3ccccc3)CCCC2)CCCC1. The maximum Gasteiger partial charge on any atom is 0.240 e. The second kappa shape index (κ2) is 7.01. The van der Waals surface area contributed by atoms with Crippen molar-refractivity contribution in [1.82, 2.24) is 5.32 Å². The molecule has 3 nitrogen and oxygen atoms in total. The molecule has 0 heterocycles. The van der Waals surface area contributed by atoms with Crippen LogP contribution in [0.5, 0.6) is 0 Å². The van der Waals surface area contributed by atoms with E-state index in [1.165, 1.54) is 18.4 Å². The third-order valence-corrected chi connectivity index (χ3v) is 5.48. The minimum absolute atomic E-state index is 0. The molecule has 22 heavy (non-hydrogen) atoms. The molecule has 4 heteroatoms. The van der Waals surface area contributed by atoms with Crippen molar-refractivity contribution in [2.45, 2.75) is 62.3 Å². The first-order chi connectivity index (χ1) is 10.1. The van der Waals surface area contributed by atoms with Crippen LogP contribution in [0.1, 0.15) is 56.9 Å². The monoisotopic (exact) mass is 322 g/mol. The van der Waals surface area contributed by atoms with Crippen LogP contribution in [0.3, 0.4) is 0 Å². The number of hydrogen-bond acceptors (Lipinski definition) is 2. The number of nitrogens with one attached hydrogen (secondary N) is 1. The Labute approximate surface area is 139 Å². The van der Waals surface area contributed by atoms with E-state index in [0.29, 0.717) is 0 Å². The van der Waals surface area contributed by atoms with Gasteiger partial charge in [-0.2, -0.15) is 0 Å². The van der Waals surface area contributed by atoms with Crippen molar-refractivity contribution in [3.8, 4) is 0 Å². The topological polar surface area (TPSA) is 55.1 Å². The molecule has 2 aliphatic rings. The number of benzene rings is 1. The standard InChI is InChI=1S/C18H26N2O.ClH/c19-18(12-6-7-13-18)16(21)20-14-17(10-4-5-11-17)15-8-2-1-3-9-15;/h1-3,8-9H,4-7,10-14,19H2,(H,20,21);1H. The van der Waals surface area contributed by atoms with Gasteiger partial charge in [0.25, 0.3) is 0 Å². The van der Waals surface area contributed by atoms with Crippen molar-refractivity contribution >= 4 is 18.3 Å². The highest BCUT2D eigenvalue weighted by Gasteiger charge is 2.40. The van der Waals surface area contributed by atoms with Gasteiger partial charge in [0.2, 0.25) is 5.91 Å². The van der Waals surface area contributed by atoms with Gasteiger partial charge >= 0.3 is 0 Å². The van der Waals surface area contributed by atoms with Crippen molar-refractivity contribution in [1.29, 1.82) is 0 Å². The normalized spacial score (nSPS) is 22.0. The Bertz CT molecular complexity index is 491. The molecule has 2 fully saturated rings. The molecule has 2 aliphatic carbocycles. The van der Waals surface area contributed by atoms with Crippen molar-refractivity contribution in [3.05, 3.63) is 35.9 Å². The smallest absolute Gasteiger partial charge is 0.240 e. The number of hydrogen-bond donors (Lipinski definition) is 2. The van der Waals surface area contributed by atoms with Crippen LogP contribution in [0, 0.1) is 0 Å². The van der Waals surface area contributed by atoms with Crippen LogP contribution in [0.2, 0.25) is 0 Å². The van der Waals surface area contributed by atoms with Gasteiger partial charge in [-0.25, -0.2) is 0 Å². The molecule has 3 rings (SSSR count). The lowest BCUT2D eigenvalue weighted by Crippen LogP contribution is -2.54. The summed E-state index contributed by atoms with van der Waals surface area (Å²) in [5.74, 6) is 0.0576. The third-order valence-electron chi connectivity index (χ3n) is 5.48. The van der Waals surface area contributed by atoms with E-state index < -0.39 is 5.54 Å². The maximum atomic E-state index is 12.5. The quantitative estimate of drug-likeness (QED) is 0.893. The van der Waals surface area contributed by atoms with E-state index in [2.05, 4.69) is 35.6 Å². The summed E-state index contributed by atoms with van der Waals surface area (Å²) in [7, 11) is 0. The molecule has 0 spiro atoms. The molecular formula is C18H27ClN2O. The van der Waals surface area contributed by atoms with E-state index >= 15 is 0 Å². The van der Waals surface area contributed by atoms with Crippen LogP contribution in [0.4, 0.5) is 0 Å². The Morgan fingerprint density at radius 3 is 2.14 bits per heavy atom. The summed E-state index contributed by atoms with van der Waals surface area (Å²) in [6, 6.07) is 10.6. The van der Waals surface area contributed by atoms with Crippen LogP contribution < -0.4 is 11.1 Å². The molecule has 3 N–H and O–H groups in total. The Balaban J connectivity index is 0.00000176. The molecule has 0 aromatic heterocycles. The minimum Gasteiger partial charge on any atom is -0.354 e. The third kappa shape index (κ3) is 3.31. The number of halogens is 1. The highest BCUT2D eigenvalue weighted by atomic mass is 35.5. The summed E-state index contributed by atoms with van der Waals surface area (Å²) >= 11 is 0. The molecule has 0 atom stereocenters. The lowest BCUT2D eigenvalue weighted by atomic mass is 9.78. The molecular weight excluding hydrogens is 296 g/mol. The van der Waals surface area contributed by atoms with Crippen LogP contribution in [-0.2, 0) is 10.2 Å². The Kier molecular flexibility index (Phi) is 5.51. The number of nitrogens with two attached hydrogens (primary N) is 1. The van der Waals surface area contributed by atoms with Crippen LogP contribution >= 0.6 is 12.4 Å². The molecule has 0 aliphatic heterocycles. The largest absolute Gasteiger partial charge is 0.354 e. The molecule has 0 bridgehead atoms. The van der Waals surface area contributed by atoms with E-state index in [4.69, 9.17) is 5.73 Å². The molecule has 2 saturated carbocycles. The second-order valence-corrected chi connectivity index (χ2v) is 6.90. The van der Waals surface area contributed by atoms with E-state index in [0.717, 1.165) is 45.1 Å². The molecule has 122 valence electrons. The van der Waals surface area contributed by atoms with Crippen molar-refractivity contribution in [2.24, 2.45) is 5.73 Å². The zero-order valence-corrected chi connectivity index (χ0v) is 14.0. The van der Waals surface area contributed by atoms with Gasteiger partial charge < -0.3 is 11.1 Å². The summed E-state index contributed by atoms with van der Waals surface area (Å²) in [4.78, 5) is 12.5. The average Bonchev–Trinajstić information content (AvgIpc) is 3.16. The summed E-state index contributed by atoms with van der Waals surface area (Å²) in [5, 5.41) is 3.18. The summed E-state index contributed by atoms with van der Waals surface area (Å²) in [5.41, 5.74) is 7.12. The molecule has 1 aromatic rings. The number of amides is 1. The van der Waals surface area contributed by atoms with E-state index in [1.807, 2.05) is 0 Å². The zero-order chi connectivity index (χ0) is 14.8. The van der Waals surface area contributed by atoms with Gasteiger partial charge in [-0.15, -0.1) is 12.4 Å². The fraction of sp³-hybridized carbons (Fsp3) is 0.611. The fourth-order valence-electron chi connectivity index (χ4n) is 4.07.